The molecule has 6 heteroatoms. The van der Waals surface area contributed by atoms with E-state index in [0.717, 1.165) is 42.4 Å². The van der Waals surface area contributed by atoms with Gasteiger partial charge in [-0.25, -0.2) is 9.67 Å². The molecule has 0 aliphatic heterocycles. The van der Waals surface area contributed by atoms with Crippen molar-refractivity contribution in [2.75, 3.05) is 0 Å². The van der Waals surface area contributed by atoms with Crippen LogP contribution < -0.4 is 0 Å². The summed E-state index contributed by atoms with van der Waals surface area (Å²) >= 11 is 0. The fraction of sp³-hybridized carbons (Fsp3) is 0.667. The van der Waals surface area contributed by atoms with E-state index in [4.69, 9.17) is 0 Å². The number of aromatic nitrogens is 6. The van der Waals surface area contributed by atoms with E-state index < -0.39 is 0 Å². The summed E-state index contributed by atoms with van der Waals surface area (Å²) in [6.07, 6.45) is 1.74. The Bertz CT molecular complexity index is 510. The normalized spacial score (nSPS) is 11.4. The largest absolute Gasteiger partial charge is 0.250 e. The zero-order chi connectivity index (χ0) is 13.1. The van der Waals surface area contributed by atoms with Crippen molar-refractivity contribution < 1.29 is 0 Å². The Hall–Kier alpha value is -1.72. The van der Waals surface area contributed by atoms with Crippen molar-refractivity contribution in [3.05, 3.63) is 23.0 Å². The molecule has 0 radical (unpaired) electrons. The fourth-order valence-electron chi connectivity index (χ4n) is 1.87. The van der Waals surface area contributed by atoms with Crippen molar-refractivity contribution in [2.45, 2.75) is 53.0 Å². The molecule has 0 aliphatic carbocycles. The highest BCUT2D eigenvalue weighted by Crippen LogP contribution is 2.11. The summed E-state index contributed by atoms with van der Waals surface area (Å²) in [6.45, 7) is 9.07. The summed E-state index contributed by atoms with van der Waals surface area (Å²) in [4.78, 5) is 4.46. The fourth-order valence-corrected chi connectivity index (χ4v) is 1.87. The molecule has 0 saturated heterocycles. The van der Waals surface area contributed by atoms with Gasteiger partial charge in [0.05, 0.1) is 11.4 Å². The van der Waals surface area contributed by atoms with Gasteiger partial charge in [0, 0.05) is 18.9 Å². The third-order valence-electron chi connectivity index (χ3n) is 2.99. The van der Waals surface area contributed by atoms with Crippen molar-refractivity contribution in [3.8, 4) is 0 Å². The number of hydrogen-bond donors (Lipinski definition) is 1. The lowest BCUT2D eigenvalue weighted by Gasteiger charge is -2.02. The number of nitrogens with one attached hydrogen (secondary N) is 1. The first-order chi connectivity index (χ1) is 8.61. The summed E-state index contributed by atoms with van der Waals surface area (Å²) in [5.41, 5.74) is 2.07. The minimum atomic E-state index is 0.364. The maximum Gasteiger partial charge on any atom is 0.153 e. The molecule has 18 heavy (non-hydrogen) atoms. The third-order valence-corrected chi connectivity index (χ3v) is 2.99. The maximum absolute atomic E-state index is 4.51. The molecular weight excluding hydrogens is 228 g/mol. The number of hydrogen-bond acceptors (Lipinski definition) is 4. The van der Waals surface area contributed by atoms with E-state index in [0.29, 0.717) is 5.92 Å². The first kappa shape index (κ1) is 12.7. The molecule has 0 spiro atoms. The molecule has 0 aromatic carbocycles. The lowest BCUT2D eigenvalue weighted by Crippen LogP contribution is -2.07. The van der Waals surface area contributed by atoms with Gasteiger partial charge in [-0.05, 0) is 13.3 Å². The van der Waals surface area contributed by atoms with Crippen LogP contribution in [0.3, 0.4) is 0 Å². The Morgan fingerprint density at radius 1 is 1.22 bits per heavy atom. The van der Waals surface area contributed by atoms with Crippen molar-refractivity contribution in [1.82, 2.24) is 30.2 Å². The van der Waals surface area contributed by atoms with Gasteiger partial charge < -0.3 is 0 Å². The number of H-pyrrole nitrogens is 1. The topological polar surface area (TPSA) is 72.3 Å². The van der Waals surface area contributed by atoms with Crippen molar-refractivity contribution in [2.24, 2.45) is 0 Å². The second kappa shape index (κ2) is 5.29. The van der Waals surface area contributed by atoms with Gasteiger partial charge in [0.2, 0.25) is 0 Å². The van der Waals surface area contributed by atoms with Crippen LogP contribution in [0.2, 0.25) is 0 Å². The molecule has 0 fully saturated rings. The number of rotatable bonds is 5. The Labute approximate surface area is 107 Å². The molecule has 2 aromatic heterocycles. The zero-order valence-corrected chi connectivity index (χ0v) is 11.4. The zero-order valence-electron chi connectivity index (χ0n) is 11.4. The molecule has 0 atom stereocenters. The Morgan fingerprint density at radius 3 is 2.56 bits per heavy atom. The maximum atomic E-state index is 4.51. The quantitative estimate of drug-likeness (QED) is 0.873. The molecule has 1 N–H and O–H groups in total. The third kappa shape index (κ3) is 2.57. The number of aryl methyl sites for hydroxylation is 4. The summed E-state index contributed by atoms with van der Waals surface area (Å²) in [5, 5.41) is 15.5. The average Bonchev–Trinajstić information content (AvgIpc) is 2.92. The molecule has 2 heterocycles. The predicted octanol–water partition coefficient (Wildman–Crippen LogP) is 1.63. The second-order valence-electron chi connectivity index (χ2n) is 4.72. The van der Waals surface area contributed by atoms with Crippen LogP contribution in [0.1, 0.15) is 49.7 Å². The van der Waals surface area contributed by atoms with Crippen molar-refractivity contribution in [3.63, 3.8) is 0 Å². The van der Waals surface area contributed by atoms with Gasteiger partial charge in [-0.2, -0.15) is 20.5 Å². The monoisotopic (exact) mass is 248 g/mol. The molecule has 98 valence electrons. The van der Waals surface area contributed by atoms with Gasteiger partial charge in [-0.15, -0.1) is 0 Å². The minimum absolute atomic E-state index is 0.364. The first-order valence-electron chi connectivity index (χ1n) is 6.41. The Morgan fingerprint density at radius 2 is 1.94 bits per heavy atom. The molecule has 6 nitrogen and oxygen atoms in total. The van der Waals surface area contributed by atoms with E-state index in [1.165, 1.54) is 0 Å². The molecule has 0 saturated carbocycles. The van der Waals surface area contributed by atoms with Gasteiger partial charge in [0.1, 0.15) is 5.82 Å². The van der Waals surface area contributed by atoms with Crippen LogP contribution in [0.4, 0.5) is 0 Å². The van der Waals surface area contributed by atoms with Crippen molar-refractivity contribution >= 4 is 0 Å². The molecule has 0 unspecified atom stereocenters. The predicted molar refractivity (Wildman–Crippen MR) is 68.3 cm³/mol. The van der Waals surface area contributed by atoms with Gasteiger partial charge >= 0.3 is 0 Å². The van der Waals surface area contributed by atoms with Crippen LogP contribution in [0.5, 0.6) is 0 Å². The number of aromatic amines is 1. The minimum Gasteiger partial charge on any atom is -0.250 e. The molecule has 2 rings (SSSR count). The lowest BCUT2D eigenvalue weighted by molar-refractivity contribution is 0.577. The van der Waals surface area contributed by atoms with E-state index in [1.807, 2.05) is 11.6 Å². The van der Waals surface area contributed by atoms with Crippen molar-refractivity contribution in [1.29, 1.82) is 0 Å². The highest BCUT2D eigenvalue weighted by molar-refractivity contribution is 5.08. The first-order valence-corrected chi connectivity index (χ1v) is 6.41. The summed E-state index contributed by atoms with van der Waals surface area (Å²) < 4.78 is 1.95. The molecular formula is C12H20N6. The molecule has 0 amide bonds. The van der Waals surface area contributed by atoms with Crippen LogP contribution in [-0.2, 0) is 19.4 Å². The summed E-state index contributed by atoms with van der Waals surface area (Å²) in [5.74, 6) is 2.23. The summed E-state index contributed by atoms with van der Waals surface area (Å²) in [7, 11) is 0. The second-order valence-corrected chi connectivity index (χ2v) is 4.72. The van der Waals surface area contributed by atoms with Crippen LogP contribution in [0, 0.1) is 6.92 Å². The smallest absolute Gasteiger partial charge is 0.153 e. The average molecular weight is 248 g/mol. The van der Waals surface area contributed by atoms with E-state index in [9.17, 15) is 0 Å². The Kier molecular flexibility index (Phi) is 3.74. The lowest BCUT2D eigenvalue weighted by atomic mass is 10.2. The summed E-state index contributed by atoms with van der Waals surface area (Å²) in [6, 6.07) is 0. The van der Waals surface area contributed by atoms with Crippen LogP contribution >= 0.6 is 0 Å². The van der Waals surface area contributed by atoms with Gasteiger partial charge in [0.25, 0.3) is 0 Å². The molecule has 0 bridgehead atoms. The van der Waals surface area contributed by atoms with Gasteiger partial charge in [0.15, 0.2) is 5.82 Å². The highest BCUT2D eigenvalue weighted by atomic mass is 15.4. The highest BCUT2D eigenvalue weighted by Gasteiger charge is 2.11. The van der Waals surface area contributed by atoms with Gasteiger partial charge in [-0.3, -0.25) is 0 Å². The number of nitrogens with zero attached hydrogens (tertiary/aromatic N) is 5. The molecule has 0 aliphatic rings. The van der Waals surface area contributed by atoms with E-state index in [-0.39, 0.29) is 0 Å². The standard InChI is InChI=1S/C12H20N6/c1-5-10-11(15-17-14-10)6-7-18-9(4)13-12(16-18)8(2)3/h8H,5-7H2,1-4H3,(H,14,15,17). The van der Waals surface area contributed by atoms with Crippen LogP contribution in [0.25, 0.3) is 0 Å². The van der Waals surface area contributed by atoms with E-state index >= 15 is 0 Å². The molecule has 2 aromatic rings. The van der Waals surface area contributed by atoms with E-state index in [2.05, 4.69) is 46.3 Å². The SMILES string of the molecule is CCc1n[nH]nc1CCn1nc(C(C)C)nc1C. The Balaban J connectivity index is 2.06. The van der Waals surface area contributed by atoms with Gasteiger partial charge in [-0.1, -0.05) is 20.8 Å². The van der Waals surface area contributed by atoms with E-state index in [1.54, 1.807) is 0 Å². The van der Waals surface area contributed by atoms with Crippen LogP contribution in [-0.4, -0.2) is 30.2 Å². The van der Waals surface area contributed by atoms with Crippen LogP contribution in [0.15, 0.2) is 0 Å².